The maximum Gasteiger partial charge on any atom is 0.320 e. The Morgan fingerprint density at radius 1 is 1.06 bits per heavy atom. The van der Waals surface area contributed by atoms with Crippen LogP contribution in [0.3, 0.4) is 0 Å². The van der Waals surface area contributed by atoms with Crippen LogP contribution in [-0.4, -0.2) is 66.0 Å². The van der Waals surface area contributed by atoms with E-state index < -0.39 is 0 Å². The van der Waals surface area contributed by atoms with Crippen LogP contribution < -0.4 is 0 Å². The summed E-state index contributed by atoms with van der Waals surface area (Å²) in [6.07, 6.45) is 3.64. The van der Waals surface area contributed by atoms with E-state index in [0.29, 0.717) is 6.04 Å². The molecule has 0 aromatic heterocycles. The van der Waals surface area contributed by atoms with Crippen LogP contribution in [0.25, 0.3) is 0 Å². The molecule has 2 amide bonds. The first-order chi connectivity index (χ1) is 8.22. The molecule has 1 unspecified atom stereocenters. The molecular formula is C13H25N3O. The average molecular weight is 239 g/mol. The molecule has 0 aromatic carbocycles. The van der Waals surface area contributed by atoms with Crippen molar-refractivity contribution in [1.82, 2.24) is 14.7 Å². The van der Waals surface area contributed by atoms with Crippen molar-refractivity contribution in [2.24, 2.45) is 0 Å². The predicted molar refractivity (Wildman–Crippen MR) is 69.1 cm³/mol. The van der Waals surface area contributed by atoms with Crippen LogP contribution in [0.4, 0.5) is 4.79 Å². The van der Waals surface area contributed by atoms with Gasteiger partial charge in [0.2, 0.25) is 0 Å². The molecule has 2 fully saturated rings. The Bertz CT molecular complexity index is 263. The molecule has 17 heavy (non-hydrogen) atoms. The zero-order valence-electron chi connectivity index (χ0n) is 11.2. The number of nitrogens with zero attached hydrogens (tertiary/aromatic N) is 3. The quantitative estimate of drug-likeness (QED) is 0.695. The molecule has 2 rings (SSSR count). The smallest absolute Gasteiger partial charge is 0.320 e. The molecule has 2 saturated heterocycles. The van der Waals surface area contributed by atoms with Gasteiger partial charge in [0.05, 0.1) is 0 Å². The zero-order valence-corrected chi connectivity index (χ0v) is 11.2. The summed E-state index contributed by atoms with van der Waals surface area (Å²) in [5.74, 6) is 0. The van der Waals surface area contributed by atoms with E-state index in [2.05, 4.69) is 18.7 Å². The maximum absolute atomic E-state index is 12.3. The highest BCUT2D eigenvalue weighted by Gasteiger charge is 2.28. The van der Waals surface area contributed by atoms with Crippen molar-refractivity contribution in [3.63, 3.8) is 0 Å². The first-order valence-electron chi connectivity index (χ1n) is 7.00. The van der Waals surface area contributed by atoms with Crippen LogP contribution in [0.2, 0.25) is 0 Å². The van der Waals surface area contributed by atoms with Crippen molar-refractivity contribution >= 4 is 6.03 Å². The van der Waals surface area contributed by atoms with Crippen LogP contribution in [-0.2, 0) is 0 Å². The van der Waals surface area contributed by atoms with Gasteiger partial charge >= 0.3 is 6.03 Å². The highest BCUT2D eigenvalue weighted by Crippen LogP contribution is 2.15. The van der Waals surface area contributed by atoms with Gasteiger partial charge in [-0.25, -0.2) is 4.79 Å². The van der Waals surface area contributed by atoms with Gasteiger partial charge in [-0.1, -0.05) is 6.92 Å². The van der Waals surface area contributed by atoms with E-state index in [1.807, 2.05) is 9.80 Å². The van der Waals surface area contributed by atoms with Crippen molar-refractivity contribution in [3.8, 4) is 0 Å². The number of likely N-dealkylation sites (tertiary alicyclic amines) is 1. The molecular weight excluding hydrogens is 214 g/mol. The molecule has 0 spiro atoms. The minimum absolute atomic E-state index is 0.271. The lowest BCUT2D eigenvalue weighted by Crippen LogP contribution is -2.56. The zero-order chi connectivity index (χ0) is 12.3. The Hall–Kier alpha value is -0.770. The fraction of sp³-hybridized carbons (Fsp3) is 0.923. The molecule has 2 aliphatic rings. The van der Waals surface area contributed by atoms with Gasteiger partial charge in [-0.05, 0) is 32.7 Å². The standard InChI is InChI=1S/C13H25N3O/c1-3-14-9-10-16(11-12(14)2)13(17)15-7-5-4-6-8-15/h12H,3-11H2,1-2H3. The van der Waals surface area contributed by atoms with Gasteiger partial charge in [-0.2, -0.15) is 0 Å². The fourth-order valence-electron chi connectivity index (χ4n) is 2.92. The van der Waals surface area contributed by atoms with Crippen molar-refractivity contribution in [3.05, 3.63) is 0 Å². The summed E-state index contributed by atoms with van der Waals surface area (Å²) < 4.78 is 0. The number of urea groups is 1. The van der Waals surface area contributed by atoms with Gasteiger partial charge in [-0.3, -0.25) is 4.90 Å². The molecule has 4 nitrogen and oxygen atoms in total. The Labute approximate surface area is 105 Å². The SMILES string of the molecule is CCN1CCN(C(=O)N2CCCCC2)CC1C. The average Bonchev–Trinajstić information content (AvgIpc) is 2.39. The molecule has 98 valence electrons. The number of rotatable bonds is 1. The van der Waals surface area contributed by atoms with Gasteiger partial charge in [0, 0.05) is 38.8 Å². The van der Waals surface area contributed by atoms with E-state index in [4.69, 9.17) is 0 Å². The van der Waals surface area contributed by atoms with Crippen LogP contribution in [0.15, 0.2) is 0 Å². The van der Waals surface area contributed by atoms with Gasteiger partial charge in [-0.15, -0.1) is 0 Å². The Balaban J connectivity index is 1.87. The normalized spacial score (nSPS) is 27.3. The number of amides is 2. The number of piperazine rings is 1. The van der Waals surface area contributed by atoms with Gasteiger partial charge < -0.3 is 9.80 Å². The van der Waals surface area contributed by atoms with Crippen LogP contribution in [0.1, 0.15) is 33.1 Å². The van der Waals surface area contributed by atoms with E-state index in [9.17, 15) is 4.79 Å². The molecule has 2 aliphatic heterocycles. The van der Waals surface area contributed by atoms with Crippen molar-refractivity contribution in [2.45, 2.75) is 39.2 Å². The van der Waals surface area contributed by atoms with E-state index in [0.717, 1.165) is 39.3 Å². The summed E-state index contributed by atoms with van der Waals surface area (Å²) >= 11 is 0. The summed E-state index contributed by atoms with van der Waals surface area (Å²) in [7, 11) is 0. The van der Waals surface area contributed by atoms with Gasteiger partial charge in [0.25, 0.3) is 0 Å². The lowest BCUT2D eigenvalue weighted by molar-refractivity contribution is 0.0810. The molecule has 2 heterocycles. The second kappa shape index (κ2) is 5.71. The van der Waals surface area contributed by atoms with Gasteiger partial charge in [0.1, 0.15) is 0 Å². The molecule has 1 atom stereocenters. The van der Waals surface area contributed by atoms with Crippen molar-refractivity contribution in [2.75, 3.05) is 39.3 Å². The molecule has 0 aromatic rings. The van der Waals surface area contributed by atoms with E-state index >= 15 is 0 Å². The highest BCUT2D eigenvalue weighted by molar-refractivity contribution is 5.74. The lowest BCUT2D eigenvalue weighted by Gasteiger charge is -2.41. The minimum atomic E-state index is 0.271. The van der Waals surface area contributed by atoms with Crippen LogP contribution in [0, 0.1) is 0 Å². The van der Waals surface area contributed by atoms with Gasteiger partial charge in [0.15, 0.2) is 0 Å². The van der Waals surface area contributed by atoms with E-state index in [1.165, 1.54) is 19.3 Å². The fourth-order valence-corrected chi connectivity index (χ4v) is 2.92. The summed E-state index contributed by atoms with van der Waals surface area (Å²) in [6.45, 7) is 10.2. The Morgan fingerprint density at radius 3 is 2.35 bits per heavy atom. The summed E-state index contributed by atoms with van der Waals surface area (Å²) in [5.41, 5.74) is 0. The summed E-state index contributed by atoms with van der Waals surface area (Å²) in [4.78, 5) is 18.9. The first-order valence-corrected chi connectivity index (χ1v) is 7.00. The number of hydrogen-bond acceptors (Lipinski definition) is 2. The number of carbonyl (C=O) groups excluding carboxylic acids is 1. The lowest BCUT2D eigenvalue weighted by atomic mass is 10.1. The Morgan fingerprint density at radius 2 is 1.76 bits per heavy atom. The third-order valence-electron chi connectivity index (χ3n) is 4.07. The maximum atomic E-state index is 12.3. The van der Waals surface area contributed by atoms with E-state index in [1.54, 1.807) is 0 Å². The topological polar surface area (TPSA) is 26.8 Å². The number of carbonyl (C=O) groups is 1. The monoisotopic (exact) mass is 239 g/mol. The molecule has 0 N–H and O–H groups in total. The second-order valence-electron chi connectivity index (χ2n) is 5.25. The molecule has 0 radical (unpaired) electrons. The largest absolute Gasteiger partial charge is 0.325 e. The number of piperidine rings is 1. The van der Waals surface area contributed by atoms with Crippen LogP contribution >= 0.6 is 0 Å². The Kier molecular flexibility index (Phi) is 4.26. The predicted octanol–water partition coefficient (Wildman–Crippen LogP) is 1.62. The number of likely N-dealkylation sites (N-methyl/N-ethyl adjacent to an activating group) is 1. The number of hydrogen-bond donors (Lipinski definition) is 0. The third-order valence-corrected chi connectivity index (χ3v) is 4.07. The summed E-state index contributed by atoms with van der Waals surface area (Å²) in [5, 5.41) is 0. The molecule has 0 aliphatic carbocycles. The molecule has 4 heteroatoms. The first kappa shape index (κ1) is 12.7. The summed E-state index contributed by atoms with van der Waals surface area (Å²) in [6, 6.07) is 0.773. The van der Waals surface area contributed by atoms with Crippen LogP contribution in [0.5, 0.6) is 0 Å². The molecule has 0 saturated carbocycles. The second-order valence-corrected chi connectivity index (χ2v) is 5.25. The van der Waals surface area contributed by atoms with Crippen molar-refractivity contribution in [1.29, 1.82) is 0 Å². The minimum Gasteiger partial charge on any atom is -0.325 e. The van der Waals surface area contributed by atoms with Crippen molar-refractivity contribution < 1.29 is 4.79 Å². The molecule has 0 bridgehead atoms. The third kappa shape index (κ3) is 2.92. The van der Waals surface area contributed by atoms with E-state index in [-0.39, 0.29) is 6.03 Å². The highest BCUT2D eigenvalue weighted by atomic mass is 16.2.